The molecule has 0 bridgehead atoms. The molecule has 2 heterocycles. The Kier molecular flexibility index (Phi) is 5.60. The van der Waals surface area contributed by atoms with Gasteiger partial charge in [-0.1, -0.05) is 35.9 Å². The van der Waals surface area contributed by atoms with E-state index in [0.717, 1.165) is 42.9 Å². The van der Waals surface area contributed by atoms with Gasteiger partial charge in [-0.15, -0.1) is 0 Å². The first-order valence-electron chi connectivity index (χ1n) is 9.29. The summed E-state index contributed by atoms with van der Waals surface area (Å²) in [4.78, 5) is 14.8. The average Bonchev–Trinajstić information content (AvgIpc) is 2.72. The average molecular weight is 417 g/mol. The number of aromatic nitrogens is 2. The fourth-order valence-electron chi connectivity index (χ4n) is 3.47. The van der Waals surface area contributed by atoms with Crippen molar-refractivity contribution in [3.05, 3.63) is 86.8 Å². The Morgan fingerprint density at radius 3 is 2.72 bits per heavy atom. The third-order valence-electron chi connectivity index (χ3n) is 5.01. The van der Waals surface area contributed by atoms with E-state index >= 15 is 0 Å². The largest absolute Gasteiger partial charge is 0.381 e. The molecule has 4 rings (SSSR count). The number of anilines is 1. The number of nitrogens with one attached hydrogen (secondary N) is 1. The number of hydrogen-bond donors (Lipinski definition) is 1. The zero-order valence-electron chi connectivity index (χ0n) is 15.5. The third-order valence-corrected chi connectivity index (χ3v) is 5.38. The molecule has 0 fully saturated rings. The van der Waals surface area contributed by atoms with Crippen molar-refractivity contribution in [2.24, 2.45) is 0 Å². The Morgan fingerprint density at radius 1 is 1.14 bits per heavy atom. The van der Waals surface area contributed by atoms with Crippen molar-refractivity contribution in [1.29, 1.82) is 0 Å². The highest BCUT2D eigenvalue weighted by Crippen LogP contribution is 2.20. The van der Waals surface area contributed by atoms with Gasteiger partial charge in [-0.25, -0.2) is 8.78 Å². The van der Waals surface area contributed by atoms with E-state index in [4.69, 9.17) is 11.6 Å². The zero-order valence-corrected chi connectivity index (χ0v) is 16.3. The first kappa shape index (κ1) is 19.5. The maximum atomic E-state index is 14.0. The molecule has 2 aromatic carbocycles. The Labute approximate surface area is 171 Å². The number of halogens is 3. The van der Waals surface area contributed by atoms with Crippen LogP contribution >= 0.6 is 11.6 Å². The second-order valence-corrected chi connectivity index (χ2v) is 7.28. The van der Waals surface area contributed by atoms with Gasteiger partial charge < -0.3 is 5.32 Å². The fraction of sp³-hybridized carbons (Fsp3) is 0.238. The topological polar surface area (TPSA) is 50.2 Å². The van der Waals surface area contributed by atoms with E-state index in [1.54, 1.807) is 0 Å². The molecule has 0 aliphatic carbocycles. The number of fused-ring (bicyclic) bond motifs is 1. The Morgan fingerprint density at radius 2 is 1.93 bits per heavy atom. The summed E-state index contributed by atoms with van der Waals surface area (Å²) in [5.41, 5.74) is 2.28. The Hall–Kier alpha value is -2.77. The van der Waals surface area contributed by atoms with Crippen LogP contribution < -0.4 is 10.9 Å². The van der Waals surface area contributed by atoms with Crippen molar-refractivity contribution in [1.82, 2.24) is 14.7 Å². The number of hydrogen-bond acceptors (Lipinski definition) is 4. The lowest BCUT2D eigenvalue weighted by Crippen LogP contribution is -2.34. The Bertz CT molecular complexity index is 1100. The fourth-order valence-corrected chi connectivity index (χ4v) is 3.67. The first-order chi connectivity index (χ1) is 14.0. The van der Waals surface area contributed by atoms with Crippen LogP contribution in [-0.4, -0.2) is 34.3 Å². The van der Waals surface area contributed by atoms with Crippen LogP contribution in [0.15, 0.2) is 53.5 Å². The van der Waals surface area contributed by atoms with E-state index < -0.39 is 17.2 Å². The first-order valence-corrected chi connectivity index (χ1v) is 9.67. The van der Waals surface area contributed by atoms with Gasteiger partial charge in [-0.05, 0) is 29.7 Å². The Balaban J connectivity index is 1.42. The van der Waals surface area contributed by atoms with Gasteiger partial charge in [0.05, 0.1) is 11.9 Å². The van der Waals surface area contributed by atoms with E-state index in [2.05, 4.69) is 33.5 Å². The highest BCUT2D eigenvalue weighted by atomic mass is 35.5. The number of benzene rings is 2. The summed E-state index contributed by atoms with van der Waals surface area (Å²) in [6.07, 6.45) is 2.38. The summed E-state index contributed by atoms with van der Waals surface area (Å²) in [6.45, 7) is 3.21. The molecule has 0 saturated heterocycles. The monoisotopic (exact) mass is 416 g/mol. The highest BCUT2D eigenvalue weighted by Gasteiger charge is 2.16. The van der Waals surface area contributed by atoms with E-state index in [9.17, 15) is 13.6 Å². The molecule has 1 aliphatic rings. The van der Waals surface area contributed by atoms with Gasteiger partial charge in [0.25, 0.3) is 5.56 Å². The number of nitrogens with zero attached hydrogens (tertiary/aromatic N) is 3. The smallest absolute Gasteiger partial charge is 0.292 e. The van der Waals surface area contributed by atoms with Gasteiger partial charge in [0.15, 0.2) is 5.82 Å². The lowest BCUT2D eigenvalue weighted by molar-refractivity contribution is 0.264. The van der Waals surface area contributed by atoms with Crippen molar-refractivity contribution < 1.29 is 8.78 Å². The predicted molar refractivity (Wildman–Crippen MR) is 109 cm³/mol. The van der Waals surface area contributed by atoms with E-state index in [0.29, 0.717) is 18.3 Å². The van der Waals surface area contributed by atoms with Crippen molar-refractivity contribution in [2.75, 3.05) is 25.0 Å². The number of rotatable bonds is 5. The van der Waals surface area contributed by atoms with Gasteiger partial charge >= 0.3 is 0 Å². The predicted octanol–water partition coefficient (Wildman–Crippen LogP) is 3.63. The minimum Gasteiger partial charge on any atom is -0.381 e. The van der Waals surface area contributed by atoms with Crippen molar-refractivity contribution >= 4 is 17.3 Å². The third kappa shape index (κ3) is 4.16. The van der Waals surface area contributed by atoms with Crippen molar-refractivity contribution in [3.8, 4) is 5.69 Å². The molecule has 0 unspecified atom stereocenters. The molecule has 1 aromatic heterocycles. The maximum Gasteiger partial charge on any atom is 0.292 e. The van der Waals surface area contributed by atoms with Crippen LogP contribution in [0.1, 0.15) is 11.1 Å². The highest BCUT2D eigenvalue weighted by molar-refractivity contribution is 6.32. The summed E-state index contributed by atoms with van der Waals surface area (Å²) in [5, 5.41) is 7.01. The molecule has 29 heavy (non-hydrogen) atoms. The molecule has 0 saturated carbocycles. The summed E-state index contributed by atoms with van der Waals surface area (Å²) >= 11 is 6.17. The van der Waals surface area contributed by atoms with E-state index in [-0.39, 0.29) is 10.7 Å². The molecule has 150 valence electrons. The van der Waals surface area contributed by atoms with Crippen molar-refractivity contribution in [2.45, 2.75) is 13.0 Å². The van der Waals surface area contributed by atoms with Gasteiger partial charge in [-0.2, -0.15) is 9.78 Å². The SMILES string of the molecule is O=c1c(Cl)c(NCCN2CCc3ccccc3C2)cnn1-c1ccc(F)cc1F. The standard InChI is InChI=1S/C21H19ClF2N4O/c22-20-18(12-26-28(21(20)29)19-6-5-16(23)11-17(19)24)25-8-10-27-9-7-14-3-1-2-4-15(14)13-27/h1-6,11-12,25H,7-10,13H2. The molecule has 1 N–H and O–H groups in total. The van der Waals surface area contributed by atoms with Crippen LogP contribution in [-0.2, 0) is 13.0 Å². The lowest BCUT2D eigenvalue weighted by Gasteiger charge is -2.28. The maximum absolute atomic E-state index is 14.0. The second kappa shape index (κ2) is 8.31. The van der Waals surface area contributed by atoms with Crippen LogP contribution in [0.25, 0.3) is 5.69 Å². The van der Waals surface area contributed by atoms with Crippen molar-refractivity contribution in [3.63, 3.8) is 0 Å². The lowest BCUT2D eigenvalue weighted by atomic mass is 10.00. The summed E-state index contributed by atoms with van der Waals surface area (Å²) in [5.74, 6) is -1.62. The van der Waals surface area contributed by atoms with E-state index in [1.807, 2.05) is 6.07 Å². The molecule has 8 heteroatoms. The molecular weight excluding hydrogens is 398 g/mol. The van der Waals surface area contributed by atoms with E-state index in [1.165, 1.54) is 17.3 Å². The summed E-state index contributed by atoms with van der Waals surface area (Å²) in [7, 11) is 0. The minimum atomic E-state index is -0.887. The van der Waals surface area contributed by atoms with Gasteiger partial charge in [0.2, 0.25) is 0 Å². The zero-order chi connectivity index (χ0) is 20.4. The molecule has 0 spiro atoms. The van der Waals surface area contributed by atoms with Crippen LogP contribution in [0.3, 0.4) is 0 Å². The van der Waals surface area contributed by atoms with Crippen LogP contribution in [0, 0.1) is 11.6 Å². The molecule has 3 aromatic rings. The quantitative estimate of drug-likeness (QED) is 0.690. The second-order valence-electron chi connectivity index (χ2n) is 6.91. The summed E-state index contributed by atoms with van der Waals surface area (Å²) in [6, 6.07) is 11.3. The molecule has 0 radical (unpaired) electrons. The molecule has 5 nitrogen and oxygen atoms in total. The molecule has 1 aliphatic heterocycles. The molecule has 0 amide bonds. The van der Waals surface area contributed by atoms with Gasteiger partial charge in [0.1, 0.15) is 16.5 Å². The molecule has 0 atom stereocenters. The minimum absolute atomic E-state index is 0.0901. The normalized spacial score (nSPS) is 13.9. The van der Waals surface area contributed by atoms with Gasteiger partial charge in [-0.3, -0.25) is 9.69 Å². The van der Waals surface area contributed by atoms with Crippen LogP contribution in [0.5, 0.6) is 0 Å². The summed E-state index contributed by atoms with van der Waals surface area (Å²) < 4.78 is 27.9. The van der Waals surface area contributed by atoms with Crippen LogP contribution in [0.2, 0.25) is 5.02 Å². The molecular formula is C21H19ClF2N4O. The van der Waals surface area contributed by atoms with Gasteiger partial charge in [0, 0.05) is 32.2 Å². The van der Waals surface area contributed by atoms with Crippen LogP contribution in [0.4, 0.5) is 14.5 Å².